The van der Waals surface area contributed by atoms with Crippen LogP contribution < -0.4 is 10.0 Å². The number of hydrogen-bond donors (Lipinski definition) is 2. The van der Waals surface area contributed by atoms with Crippen molar-refractivity contribution in [2.24, 2.45) is 7.05 Å². The third-order valence-corrected chi connectivity index (χ3v) is 3.93. The summed E-state index contributed by atoms with van der Waals surface area (Å²) in [5.74, 6) is 0.0998. The van der Waals surface area contributed by atoms with Crippen molar-refractivity contribution in [3.05, 3.63) is 17.5 Å². The van der Waals surface area contributed by atoms with Crippen molar-refractivity contribution in [3.8, 4) is 0 Å². The Bertz CT molecular complexity index is 467. The summed E-state index contributed by atoms with van der Waals surface area (Å²) in [6.45, 7) is 5.51. The number of nitrogens with zero attached hydrogens (tertiary/aromatic N) is 2. The van der Waals surface area contributed by atoms with Gasteiger partial charge in [-0.3, -0.25) is 4.68 Å². The maximum absolute atomic E-state index is 11.7. The summed E-state index contributed by atoms with van der Waals surface area (Å²) in [7, 11) is -1.38. The second-order valence-electron chi connectivity index (χ2n) is 4.12. The second-order valence-corrected chi connectivity index (χ2v) is 6.05. The Morgan fingerprint density at radius 1 is 1.39 bits per heavy atom. The fourth-order valence-electron chi connectivity index (χ4n) is 1.67. The molecule has 1 aromatic rings. The van der Waals surface area contributed by atoms with Gasteiger partial charge in [-0.05, 0) is 13.0 Å². The average molecular weight is 274 g/mol. The lowest BCUT2D eigenvalue weighted by atomic mass is 10.2. The van der Waals surface area contributed by atoms with Crippen LogP contribution in [0.5, 0.6) is 0 Å². The number of hydrogen-bond acceptors (Lipinski definition) is 4. The number of aromatic nitrogens is 2. The molecular formula is C11H22N4O2S. The molecule has 104 valence electrons. The maximum atomic E-state index is 11.7. The molecule has 1 rings (SSSR count). The zero-order chi connectivity index (χ0) is 13.6. The number of nitrogens with one attached hydrogen (secondary N) is 2. The Morgan fingerprint density at radius 3 is 2.72 bits per heavy atom. The molecule has 0 aliphatic heterocycles. The zero-order valence-corrected chi connectivity index (χ0v) is 12.0. The van der Waals surface area contributed by atoms with E-state index in [-0.39, 0.29) is 5.75 Å². The van der Waals surface area contributed by atoms with Gasteiger partial charge in [-0.1, -0.05) is 13.8 Å². The SMILES string of the molecule is CCNCCS(=O)(=O)NCc1cn(C)nc1CC. The summed E-state index contributed by atoms with van der Waals surface area (Å²) in [5.41, 5.74) is 1.87. The minimum Gasteiger partial charge on any atom is -0.316 e. The van der Waals surface area contributed by atoms with Gasteiger partial charge in [0.2, 0.25) is 10.0 Å². The van der Waals surface area contributed by atoms with E-state index in [4.69, 9.17) is 0 Å². The van der Waals surface area contributed by atoms with Crippen LogP contribution in [0.15, 0.2) is 6.20 Å². The highest BCUT2D eigenvalue weighted by Gasteiger charge is 2.12. The summed E-state index contributed by atoms with van der Waals surface area (Å²) in [6, 6.07) is 0. The average Bonchev–Trinajstić information content (AvgIpc) is 2.67. The van der Waals surface area contributed by atoms with E-state index < -0.39 is 10.0 Å². The van der Waals surface area contributed by atoms with Crippen LogP contribution in [0.3, 0.4) is 0 Å². The van der Waals surface area contributed by atoms with Crippen LogP contribution in [0.25, 0.3) is 0 Å². The van der Waals surface area contributed by atoms with Gasteiger partial charge in [0.15, 0.2) is 0 Å². The van der Waals surface area contributed by atoms with Crippen molar-refractivity contribution in [1.82, 2.24) is 19.8 Å². The van der Waals surface area contributed by atoms with E-state index in [2.05, 4.69) is 15.1 Å². The van der Waals surface area contributed by atoms with E-state index in [0.717, 1.165) is 24.2 Å². The fraction of sp³-hybridized carbons (Fsp3) is 0.727. The highest BCUT2D eigenvalue weighted by atomic mass is 32.2. The Balaban J connectivity index is 2.53. The van der Waals surface area contributed by atoms with Crippen LogP contribution in [-0.4, -0.2) is 37.0 Å². The molecule has 0 aliphatic carbocycles. The van der Waals surface area contributed by atoms with E-state index >= 15 is 0 Å². The predicted molar refractivity (Wildman–Crippen MR) is 71.8 cm³/mol. The molecule has 18 heavy (non-hydrogen) atoms. The van der Waals surface area contributed by atoms with Crippen LogP contribution in [0, 0.1) is 0 Å². The number of rotatable bonds is 8. The molecule has 0 radical (unpaired) electrons. The minimum atomic E-state index is -3.22. The van der Waals surface area contributed by atoms with E-state index in [0.29, 0.717) is 13.1 Å². The van der Waals surface area contributed by atoms with Crippen molar-refractivity contribution in [1.29, 1.82) is 0 Å². The normalized spacial score (nSPS) is 11.9. The summed E-state index contributed by atoms with van der Waals surface area (Å²) in [4.78, 5) is 0. The summed E-state index contributed by atoms with van der Waals surface area (Å²) >= 11 is 0. The summed E-state index contributed by atoms with van der Waals surface area (Å²) in [5, 5.41) is 7.27. The van der Waals surface area contributed by atoms with Crippen LogP contribution in [-0.2, 0) is 30.0 Å². The number of sulfonamides is 1. The van der Waals surface area contributed by atoms with Gasteiger partial charge >= 0.3 is 0 Å². The Kier molecular flexibility index (Phi) is 5.77. The van der Waals surface area contributed by atoms with E-state index in [1.54, 1.807) is 4.68 Å². The van der Waals surface area contributed by atoms with E-state index in [1.807, 2.05) is 27.1 Å². The molecule has 0 atom stereocenters. The molecule has 7 heteroatoms. The monoisotopic (exact) mass is 274 g/mol. The van der Waals surface area contributed by atoms with Gasteiger partial charge in [-0.2, -0.15) is 5.10 Å². The van der Waals surface area contributed by atoms with Gasteiger partial charge in [0.05, 0.1) is 11.4 Å². The third-order valence-electron chi connectivity index (χ3n) is 2.61. The van der Waals surface area contributed by atoms with Crippen molar-refractivity contribution >= 4 is 10.0 Å². The number of aryl methyl sites for hydroxylation is 2. The van der Waals surface area contributed by atoms with Gasteiger partial charge in [-0.25, -0.2) is 13.1 Å². The fourth-order valence-corrected chi connectivity index (χ4v) is 2.60. The lowest BCUT2D eigenvalue weighted by Crippen LogP contribution is -2.31. The molecule has 0 fully saturated rings. The van der Waals surface area contributed by atoms with Gasteiger partial charge in [-0.15, -0.1) is 0 Å². The Hall–Kier alpha value is -0.920. The third kappa shape index (κ3) is 4.75. The van der Waals surface area contributed by atoms with Gasteiger partial charge in [0.1, 0.15) is 0 Å². The Morgan fingerprint density at radius 2 is 2.11 bits per heavy atom. The van der Waals surface area contributed by atoms with Gasteiger partial charge in [0.25, 0.3) is 0 Å². The maximum Gasteiger partial charge on any atom is 0.213 e. The van der Waals surface area contributed by atoms with E-state index in [9.17, 15) is 8.42 Å². The lowest BCUT2D eigenvalue weighted by Gasteiger charge is -2.06. The van der Waals surface area contributed by atoms with Crippen molar-refractivity contribution in [2.75, 3.05) is 18.8 Å². The molecule has 6 nitrogen and oxygen atoms in total. The van der Waals surface area contributed by atoms with Crippen LogP contribution in [0.4, 0.5) is 0 Å². The van der Waals surface area contributed by atoms with Crippen LogP contribution in [0.2, 0.25) is 0 Å². The van der Waals surface area contributed by atoms with Crippen molar-refractivity contribution in [3.63, 3.8) is 0 Å². The highest BCUT2D eigenvalue weighted by Crippen LogP contribution is 2.07. The van der Waals surface area contributed by atoms with Crippen molar-refractivity contribution < 1.29 is 8.42 Å². The lowest BCUT2D eigenvalue weighted by molar-refractivity contribution is 0.577. The van der Waals surface area contributed by atoms with Gasteiger partial charge in [0, 0.05) is 31.9 Å². The first-order valence-electron chi connectivity index (χ1n) is 6.18. The van der Waals surface area contributed by atoms with Gasteiger partial charge < -0.3 is 5.32 Å². The quantitative estimate of drug-likeness (QED) is 0.655. The first kappa shape index (κ1) is 15.1. The smallest absolute Gasteiger partial charge is 0.213 e. The largest absolute Gasteiger partial charge is 0.316 e. The molecule has 0 unspecified atom stereocenters. The van der Waals surface area contributed by atoms with Crippen molar-refractivity contribution in [2.45, 2.75) is 26.8 Å². The summed E-state index contributed by atoms with van der Waals surface area (Å²) < 4.78 is 27.7. The summed E-state index contributed by atoms with van der Waals surface area (Å²) in [6.07, 6.45) is 2.65. The predicted octanol–water partition coefficient (Wildman–Crippen LogP) is 0.0114. The molecule has 0 saturated carbocycles. The first-order valence-corrected chi connectivity index (χ1v) is 7.83. The van der Waals surface area contributed by atoms with Crippen LogP contribution in [0.1, 0.15) is 25.1 Å². The minimum absolute atomic E-state index is 0.0998. The molecular weight excluding hydrogens is 252 g/mol. The topological polar surface area (TPSA) is 76.0 Å². The molecule has 0 amide bonds. The zero-order valence-electron chi connectivity index (χ0n) is 11.2. The molecule has 2 N–H and O–H groups in total. The van der Waals surface area contributed by atoms with E-state index in [1.165, 1.54) is 0 Å². The van der Waals surface area contributed by atoms with Crippen LogP contribution >= 0.6 is 0 Å². The molecule has 0 saturated heterocycles. The highest BCUT2D eigenvalue weighted by molar-refractivity contribution is 7.89. The molecule has 0 bridgehead atoms. The first-order chi connectivity index (χ1) is 8.48. The Labute approximate surface area is 109 Å². The molecule has 0 aliphatic rings. The molecule has 1 aromatic heterocycles. The molecule has 1 heterocycles. The molecule has 0 spiro atoms. The standard InChI is InChI=1S/C11H22N4O2S/c1-4-11-10(9-15(3)14-11)8-13-18(16,17)7-6-12-5-2/h9,12-13H,4-8H2,1-3H3. The second kappa shape index (κ2) is 6.86. The molecule has 0 aromatic carbocycles.